The van der Waals surface area contributed by atoms with E-state index in [4.69, 9.17) is 0 Å². The first-order valence-electron chi connectivity index (χ1n) is 6.64. The van der Waals surface area contributed by atoms with Crippen LogP contribution in [-0.4, -0.2) is 37.1 Å². The molecule has 0 aromatic carbocycles. The Morgan fingerprint density at radius 2 is 1.60 bits per heavy atom. The second kappa shape index (κ2) is 7.24. The SMILES string of the molecule is CC(CNC(C)C)CN1CCCCCC1. The van der Waals surface area contributed by atoms with E-state index in [1.807, 2.05) is 0 Å². The van der Waals surface area contributed by atoms with Gasteiger partial charge in [-0.25, -0.2) is 0 Å². The topological polar surface area (TPSA) is 15.3 Å². The minimum atomic E-state index is 0.622. The van der Waals surface area contributed by atoms with E-state index in [1.54, 1.807) is 0 Å². The van der Waals surface area contributed by atoms with Crippen molar-refractivity contribution in [3.05, 3.63) is 0 Å². The predicted octanol–water partition coefficient (Wildman–Crippen LogP) is 2.50. The Hall–Kier alpha value is -0.0800. The first-order chi connectivity index (χ1) is 7.18. The summed E-state index contributed by atoms with van der Waals surface area (Å²) in [7, 11) is 0. The third-order valence-corrected chi connectivity index (χ3v) is 3.14. The van der Waals surface area contributed by atoms with Gasteiger partial charge in [0.05, 0.1) is 0 Å². The van der Waals surface area contributed by atoms with Crippen molar-refractivity contribution in [3.63, 3.8) is 0 Å². The smallest absolute Gasteiger partial charge is 0.00191 e. The first-order valence-corrected chi connectivity index (χ1v) is 6.64. The summed E-state index contributed by atoms with van der Waals surface area (Å²) in [6.07, 6.45) is 5.69. The Bertz CT molecular complexity index is 149. The standard InChI is InChI=1S/C13H28N2/c1-12(2)14-10-13(3)11-15-8-6-4-5-7-9-15/h12-14H,4-11H2,1-3H3. The quantitative estimate of drug-likeness (QED) is 0.753. The zero-order valence-corrected chi connectivity index (χ0v) is 10.8. The molecule has 1 heterocycles. The Morgan fingerprint density at radius 1 is 1.00 bits per heavy atom. The van der Waals surface area contributed by atoms with Crippen LogP contribution in [-0.2, 0) is 0 Å². The molecule has 1 aliphatic heterocycles. The minimum absolute atomic E-state index is 0.622. The molecule has 1 fully saturated rings. The van der Waals surface area contributed by atoms with Gasteiger partial charge in [0.15, 0.2) is 0 Å². The monoisotopic (exact) mass is 212 g/mol. The molecule has 0 radical (unpaired) electrons. The van der Waals surface area contributed by atoms with Crippen molar-refractivity contribution in [1.29, 1.82) is 0 Å². The Labute approximate surface area is 95.4 Å². The van der Waals surface area contributed by atoms with E-state index in [9.17, 15) is 0 Å². The van der Waals surface area contributed by atoms with Gasteiger partial charge in [0.1, 0.15) is 0 Å². The van der Waals surface area contributed by atoms with Crippen molar-refractivity contribution in [3.8, 4) is 0 Å². The minimum Gasteiger partial charge on any atom is -0.314 e. The van der Waals surface area contributed by atoms with Gasteiger partial charge in [-0.1, -0.05) is 33.6 Å². The third kappa shape index (κ3) is 6.16. The summed E-state index contributed by atoms with van der Waals surface area (Å²) >= 11 is 0. The lowest BCUT2D eigenvalue weighted by atomic mass is 10.1. The number of hydrogen-bond donors (Lipinski definition) is 1. The van der Waals surface area contributed by atoms with E-state index < -0.39 is 0 Å². The summed E-state index contributed by atoms with van der Waals surface area (Å²) in [6, 6.07) is 0.622. The van der Waals surface area contributed by atoms with E-state index in [1.165, 1.54) is 45.3 Å². The molecule has 0 saturated carbocycles. The van der Waals surface area contributed by atoms with Crippen molar-refractivity contribution in [2.24, 2.45) is 5.92 Å². The summed E-state index contributed by atoms with van der Waals surface area (Å²) in [5.74, 6) is 0.783. The largest absolute Gasteiger partial charge is 0.314 e. The van der Waals surface area contributed by atoms with E-state index in [-0.39, 0.29) is 0 Å². The van der Waals surface area contributed by atoms with Gasteiger partial charge >= 0.3 is 0 Å². The number of likely N-dealkylation sites (tertiary alicyclic amines) is 1. The molecule has 2 heteroatoms. The highest BCUT2D eigenvalue weighted by Crippen LogP contribution is 2.11. The Balaban J connectivity index is 2.14. The highest BCUT2D eigenvalue weighted by molar-refractivity contribution is 4.68. The zero-order valence-electron chi connectivity index (χ0n) is 10.8. The zero-order chi connectivity index (χ0) is 11.1. The van der Waals surface area contributed by atoms with Crippen LogP contribution < -0.4 is 5.32 Å². The fourth-order valence-electron chi connectivity index (χ4n) is 2.26. The highest BCUT2D eigenvalue weighted by atomic mass is 15.1. The Morgan fingerprint density at radius 3 is 2.13 bits per heavy atom. The average Bonchev–Trinajstić information content (AvgIpc) is 2.43. The van der Waals surface area contributed by atoms with Crippen molar-refractivity contribution >= 4 is 0 Å². The summed E-state index contributed by atoms with van der Waals surface area (Å²) in [4.78, 5) is 2.65. The lowest BCUT2D eigenvalue weighted by Crippen LogP contribution is -2.36. The van der Waals surface area contributed by atoms with E-state index in [0.717, 1.165) is 12.5 Å². The molecule has 1 aliphatic rings. The average molecular weight is 212 g/mol. The van der Waals surface area contributed by atoms with Crippen molar-refractivity contribution in [2.45, 2.75) is 52.5 Å². The summed E-state index contributed by atoms with van der Waals surface area (Å²) in [5, 5.41) is 3.52. The maximum Gasteiger partial charge on any atom is 0.00191 e. The van der Waals surface area contributed by atoms with Gasteiger partial charge in [0.2, 0.25) is 0 Å². The van der Waals surface area contributed by atoms with E-state index in [2.05, 4.69) is 31.0 Å². The van der Waals surface area contributed by atoms with E-state index in [0.29, 0.717) is 6.04 Å². The van der Waals surface area contributed by atoms with Crippen LogP contribution in [0.5, 0.6) is 0 Å². The maximum atomic E-state index is 3.52. The van der Waals surface area contributed by atoms with Crippen LogP contribution in [0.1, 0.15) is 46.5 Å². The molecule has 0 amide bonds. The van der Waals surface area contributed by atoms with Crippen LogP contribution in [0.2, 0.25) is 0 Å². The number of nitrogens with zero attached hydrogens (tertiary/aromatic N) is 1. The molecule has 1 unspecified atom stereocenters. The van der Waals surface area contributed by atoms with Crippen LogP contribution in [0.4, 0.5) is 0 Å². The molecular formula is C13H28N2. The number of hydrogen-bond acceptors (Lipinski definition) is 2. The second-order valence-corrected chi connectivity index (χ2v) is 5.38. The molecule has 0 bridgehead atoms. The molecule has 0 aliphatic carbocycles. The molecule has 15 heavy (non-hydrogen) atoms. The van der Waals surface area contributed by atoms with Gasteiger partial charge in [0.25, 0.3) is 0 Å². The molecule has 1 N–H and O–H groups in total. The lowest BCUT2D eigenvalue weighted by molar-refractivity contribution is 0.241. The van der Waals surface area contributed by atoms with Crippen LogP contribution >= 0.6 is 0 Å². The number of rotatable bonds is 5. The van der Waals surface area contributed by atoms with Crippen LogP contribution in [0.3, 0.4) is 0 Å². The van der Waals surface area contributed by atoms with Crippen molar-refractivity contribution < 1.29 is 0 Å². The lowest BCUT2D eigenvalue weighted by Gasteiger charge is -2.24. The molecule has 0 aromatic rings. The molecule has 1 saturated heterocycles. The van der Waals surface area contributed by atoms with Crippen LogP contribution in [0, 0.1) is 5.92 Å². The Kier molecular flexibility index (Phi) is 6.26. The van der Waals surface area contributed by atoms with Gasteiger partial charge in [0, 0.05) is 12.6 Å². The van der Waals surface area contributed by atoms with Gasteiger partial charge in [-0.2, -0.15) is 0 Å². The first kappa shape index (κ1) is 13.0. The molecule has 0 aromatic heterocycles. The summed E-state index contributed by atoms with van der Waals surface area (Å²) < 4.78 is 0. The molecule has 90 valence electrons. The summed E-state index contributed by atoms with van der Waals surface area (Å²) in [6.45, 7) is 11.9. The van der Waals surface area contributed by atoms with E-state index >= 15 is 0 Å². The maximum absolute atomic E-state index is 3.52. The molecule has 1 atom stereocenters. The summed E-state index contributed by atoms with van der Waals surface area (Å²) in [5.41, 5.74) is 0. The molecular weight excluding hydrogens is 184 g/mol. The predicted molar refractivity (Wildman–Crippen MR) is 67.2 cm³/mol. The molecule has 1 rings (SSSR count). The van der Waals surface area contributed by atoms with Crippen molar-refractivity contribution in [1.82, 2.24) is 10.2 Å². The van der Waals surface area contributed by atoms with Gasteiger partial charge in [-0.15, -0.1) is 0 Å². The van der Waals surface area contributed by atoms with Gasteiger partial charge in [-0.3, -0.25) is 0 Å². The molecule has 2 nitrogen and oxygen atoms in total. The van der Waals surface area contributed by atoms with Crippen LogP contribution in [0.15, 0.2) is 0 Å². The normalized spacial score (nSPS) is 21.6. The van der Waals surface area contributed by atoms with Crippen molar-refractivity contribution in [2.75, 3.05) is 26.2 Å². The fourth-order valence-corrected chi connectivity index (χ4v) is 2.26. The van der Waals surface area contributed by atoms with Crippen LogP contribution in [0.25, 0.3) is 0 Å². The fraction of sp³-hybridized carbons (Fsp3) is 1.00. The van der Waals surface area contributed by atoms with Gasteiger partial charge in [-0.05, 0) is 38.4 Å². The number of nitrogens with one attached hydrogen (secondary N) is 1. The highest BCUT2D eigenvalue weighted by Gasteiger charge is 2.12. The molecule has 0 spiro atoms. The second-order valence-electron chi connectivity index (χ2n) is 5.38. The third-order valence-electron chi connectivity index (χ3n) is 3.14. The van der Waals surface area contributed by atoms with Gasteiger partial charge < -0.3 is 10.2 Å².